The van der Waals surface area contributed by atoms with Gasteiger partial charge in [0.1, 0.15) is 17.3 Å². The zero-order valence-electron chi connectivity index (χ0n) is 10.1. The van der Waals surface area contributed by atoms with Crippen molar-refractivity contribution in [3.05, 3.63) is 29.8 Å². The van der Waals surface area contributed by atoms with E-state index in [1.807, 2.05) is 0 Å². The summed E-state index contributed by atoms with van der Waals surface area (Å²) < 4.78 is 26.1. The van der Waals surface area contributed by atoms with Gasteiger partial charge in [-0.05, 0) is 12.1 Å². The van der Waals surface area contributed by atoms with Gasteiger partial charge in [-0.25, -0.2) is 13.8 Å². The van der Waals surface area contributed by atoms with Crippen LogP contribution in [-0.4, -0.2) is 29.6 Å². The summed E-state index contributed by atoms with van der Waals surface area (Å²) in [5.74, 6) is -2.39. The molecule has 0 saturated heterocycles. The van der Waals surface area contributed by atoms with Gasteiger partial charge in [-0.1, -0.05) is 0 Å². The van der Waals surface area contributed by atoms with Crippen molar-refractivity contribution in [3.63, 3.8) is 0 Å². The van der Waals surface area contributed by atoms with E-state index < -0.39 is 17.5 Å². The molecule has 0 atom stereocenters. The van der Waals surface area contributed by atoms with E-state index in [4.69, 9.17) is 0 Å². The number of nitrogens with zero attached hydrogens (tertiary/aromatic N) is 2. The van der Waals surface area contributed by atoms with Gasteiger partial charge in [0, 0.05) is 26.0 Å². The van der Waals surface area contributed by atoms with Gasteiger partial charge in [-0.2, -0.15) is 5.10 Å². The van der Waals surface area contributed by atoms with Crippen LogP contribution in [0.4, 0.5) is 14.5 Å². The molecule has 2 amide bonds. The molecule has 0 unspecified atom stereocenters. The van der Waals surface area contributed by atoms with Crippen molar-refractivity contribution in [2.75, 3.05) is 12.4 Å². The Bertz CT molecular complexity index is 572. The second-order valence-corrected chi connectivity index (χ2v) is 4.04. The third kappa shape index (κ3) is 2.93. The second-order valence-electron chi connectivity index (χ2n) is 4.04. The maximum atomic E-state index is 13.4. The van der Waals surface area contributed by atoms with Crippen LogP contribution < -0.4 is 5.32 Å². The van der Waals surface area contributed by atoms with E-state index >= 15 is 0 Å². The number of rotatable bonds is 2. The third-order valence-corrected chi connectivity index (χ3v) is 2.65. The highest BCUT2D eigenvalue weighted by Gasteiger charge is 2.22. The number of nitrogens with one attached hydrogen (secondary N) is 1. The average Bonchev–Trinajstić information content (AvgIpc) is 2.36. The Hall–Kier alpha value is -2.31. The van der Waals surface area contributed by atoms with Crippen molar-refractivity contribution in [1.29, 1.82) is 0 Å². The predicted molar refractivity (Wildman–Crippen MR) is 64.4 cm³/mol. The van der Waals surface area contributed by atoms with Gasteiger partial charge in [-0.15, -0.1) is 0 Å². The Balaban J connectivity index is 2.13. The molecule has 7 heteroatoms. The summed E-state index contributed by atoms with van der Waals surface area (Å²) in [7, 11) is 1.44. The molecule has 0 bridgehead atoms. The second kappa shape index (κ2) is 5.13. The minimum atomic E-state index is -0.866. The lowest BCUT2D eigenvalue weighted by atomic mass is 10.1. The first-order valence-corrected chi connectivity index (χ1v) is 5.58. The van der Waals surface area contributed by atoms with Crippen molar-refractivity contribution in [2.45, 2.75) is 12.8 Å². The summed E-state index contributed by atoms with van der Waals surface area (Å²) >= 11 is 0. The van der Waals surface area contributed by atoms with Crippen LogP contribution in [0.3, 0.4) is 0 Å². The molecule has 1 heterocycles. The average molecular weight is 267 g/mol. The van der Waals surface area contributed by atoms with Crippen LogP contribution in [0.2, 0.25) is 0 Å². The number of anilines is 1. The number of hydrogen-bond donors (Lipinski definition) is 1. The fourth-order valence-corrected chi connectivity index (χ4v) is 1.62. The van der Waals surface area contributed by atoms with E-state index in [0.29, 0.717) is 6.07 Å². The van der Waals surface area contributed by atoms with E-state index in [9.17, 15) is 18.4 Å². The highest BCUT2D eigenvalue weighted by atomic mass is 19.1. The number of carbonyl (C=O) groups excluding carboxylic acids is 2. The van der Waals surface area contributed by atoms with E-state index in [1.165, 1.54) is 7.05 Å². The van der Waals surface area contributed by atoms with E-state index in [1.54, 1.807) is 0 Å². The molecule has 100 valence electrons. The first kappa shape index (κ1) is 13.1. The van der Waals surface area contributed by atoms with Crippen LogP contribution in [0.15, 0.2) is 23.3 Å². The molecule has 0 aromatic heterocycles. The Morgan fingerprint density at radius 3 is 2.74 bits per heavy atom. The van der Waals surface area contributed by atoms with Gasteiger partial charge >= 0.3 is 0 Å². The van der Waals surface area contributed by atoms with Crippen LogP contribution in [0.25, 0.3) is 0 Å². The topological polar surface area (TPSA) is 61.8 Å². The van der Waals surface area contributed by atoms with E-state index in [-0.39, 0.29) is 30.1 Å². The molecule has 1 aromatic carbocycles. The summed E-state index contributed by atoms with van der Waals surface area (Å²) in [6, 6.07) is 2.84. The van der Waals surface area contributed by atoms with Crippen LogP contribution in [0.5, 0.6) is 0 Å². The Labute approximate surface area is 107 Å². The molecule has 0 saturated carbocycles. The lowest BCUT2D eigenvalue weighted by molar-refractivity contribution is -0.130. The zero-order chi connectivity index (χ0) is 14.0. The number of benzene rings is 1. The van der Waals surface area contributed by atoms with Crippen molar-refractivity contribution in [2.24, 2.45) is 5.10 Å². The van der Waals surface area contributed by atoms with Crippen LogP contribution >= 0.6 is 0 Å². The number of halogens is 2. The Morgan fingerprint density at radius 1 is 1.37 bits per heavy atom. The SMILES string of the molecule is CN1N=C(C(=O)Nc2ccc(F)cc2F)CCC1=O. The van der Waals surface area contributed by atoms with Crippen molar-refractivity contribution >= 4 is 23.2 Å². The maximum absolute atomic E-state index is 13.4. The molecule has 0 fully saturated rings. The van der Waals surface area contributed by atoms with Crippen LogP contribution in [0, 0.1) is 11.6 Å². The number of amides is 2. The molecule has 1 N–H and O–H groups in total. The molecule has 1 aliphatic rings. The highest BCUT2D eigenvalue weighted by Crippen LogP contribution is 2.16. The Kier molecular flexibility index (Phi) is 3.55. The standard InChI is InChI=1S/C12H11F2N3O2/c1-17-11(18)5-4-10(16-17)12(19)15-9-3-2-7(13)6-8(9)14/h2-3,6H,4-5H2,1H3,(H,15,19). The number of hydrazone groups is 1. The fourth-order valence-electron chi connectivity index (χ4n) is 1.62. The summed E-state index contributed by atoms with van der Waals surface area (Å²) in [5, 5.41) is 7.16. The zero-order valence-corrected chi connectivity index (χ0v) is 10.1. The number of carbonyl (C=O) groups is 2. The molecule has 0 spiro atoms. The van der Waals surface area contributed by atoms with Crippen LogP contribution in [-0.2, 0) is 9.59 Å². The lowest BCUT2D eigenvalue weighted by Crippen LogP contribution is -2.34. The largest absolute Gasteiger partial charge is 0.318 e. The van der Waals surface area contributed by atoms with E-state index in [0.717, 1.165) is 17.1 Å². The minimum Gasteiger partial charge on any atom is -0.318 e. The van der Waals surface area contributed by atoms with Gasteiger partial charge in [0.2, 0.25) is 5.91 Å². The lowest BCUT2D eigenvalue weighted by Gasteiger charge is -2.18. The third-order valence-electron chi connectivity index (χ3n) is 2.65. The van der Waals surface area contributed by atoms with Gasteiger partial charge in [0.05, 0.1) is 5.69 Å². The molecular formula is C12H11F2N3O2. The quantitative estimate of drug-likeness (QED) is 0.882. The fraction of sp³-hybridized carbons (Fsp3) is 0.250. The molecule has 5 nitrogen and oxygen atoms in total. The van der Waals surface area contributed by atoms with E-state index in [2.05, 4.69) is 10.4 Å². The normalized spacial score (nSPS) is 15.2. The highest BCUT2D eigenvalue weighted by molar-refractivity contribution is 6.43. The van der Waals surface area contributed by atoms with Crippen molar-refractivity contribution in [1.82, 2.24) is 5.01 Å². The first-order valence-electron chi connectivity index (χ1n) is 5.58. The molecule has 0 aliphatic carbocycles. The summed E-state index contributed by atoms with van der Waals surface area (Å²) in [6.45, 7) is 0. The summed E-state index contributed by atoms with van der Waals surface area (Å²) in [5.41, 5.74) is -0.000483. The first-order chi connectivity index (χ1) is 8.97. The summed E-state index contributed by atoms with van der Waals surface area (Å²) in [6.07, 6.45) is 0.368. The van der Waals surface area contributed by atoms with Crippen molar-refractivity contribution < 1.29 is 18.4 Å². The molecular weight excluding hydrogens is 256 g/mol. The molecule has 0 radical (unpaired) electrons. The molecule has 1 aromatic rings. The monoisotopic (exact) mass is 267 g/mol. The van der Waals surface area contributed by atoms with Gasteiger partial charge < -0.3 is 5.32 Å². The number of hydrogen-bond acceptors (Lipinski definition) is 3. The predicted octanol–water partition coefficient (Wildman–Crippen LogP) is 1.51. The van der Waals surface area contributed by atoms with Crippen molar-refractivity contribution in [3.8, 4) is 0 Å². The van der Waals surface area contributed by atoms with Crippen LogP contribution in [0.1, 0.15) is 12.8 Å². The summed E-state index contributed by atoms with van der Waals surface area (Å²) in [4.78, 5) is 23.0. The van der Waals surface area contributed by atoms with Gasteiger partial charge in [0.15, 0.2) is 0 Å². The van der Waals surface area contributed by atoms with Gasteiger partial charge in [0.25, 0.3) is 5.91 Å². The maximum Gasteiger partial charge on any atom is 0.271 e. The van der Waals surface area contributed by atoms with Gasteiger partial charge in [-0.3, -0.25) is 9.59 Å². The molecule has 2 rings (SSSR count). The smallest absolute Gasteiger partial charge is 0.271 e. The Morgan fingerprint density at radius 2 is 2.11 bits per heavy atom. The molecule has 1 aliphatic heterocycles. The molecule has 19 heavy (non-hydrogen) atoms. The minimum absolute atomic E-state index is 0.130.